The molecule has 2 aromatic carbocycles. The van der Waals surface area contributed by atoms with Crippen molar-refractivity contribution in [2.75, 3.05) is 14.2 Å². The Hall–Kier alpha value is -3.45. The van der Waals surface area contributed by atoms with Gasteiger partial charge in [-0.15, -0.1) is 11.3 Å². The van der Waals surface area contributed by atoms with Gasteiger partial charge in [0, 0.05) is 6.07 Å². The average Bonchev–Trinajstić information content (AvgIpc) is 3.39. The predicted octanol–water partition coefficient (Wildman–Crippen LogP) is 4.71. The number of nitrogens with zero attached hydrogens (tertiary/aromatic N) is 4. The van der Waals surface area contributed by atoms with Crippen LogP contribution in [0.1, 0.15) is 0 Å². The van der Waals surface area contributed by atoms with Gasteiger partial charge in [0.05, 0.1) is 35.8 Å². The number of para-hydroxylation sites is 2. The maximum atomic E-state index is 5.50. The quantitative estimate of drug-likeness (QED) is 0.446. The third-order valence-electron chi connectivity index (χ3n) is 4.54. The van der Waals surface area contributed by atoms with Crippen LogP contribution in [0.4, 0.5) is 0 Å². The molecule has 0 bridgehead atoms. The highest BCUT2D eigenvalue weighted by Crippen LogP contribution is 2.34. The maximum Gasteiger partial charge on any atom is 0.199 e. The predicted molar refractivity (Wildman–Crippen MR) is 111 cm³/mol. The van der Waals surface area contributed by atoms with E-state index < -0.39 is 0 Å². The number of rotatable bonds is 4. The molecule has 0 saturated heterocycles. The standard InChI is InChI=1S/C21H16N4O2S/c1-26-16-10-9-13(12-17(16)27-2)25-20(18-8-5-11-28-18)24-19-21(25)23-15-7-4-3-6-14(15)22-19/h3-12H,1-2H3. The number of methoxy groups -OCH3 is 2. The molecule has 3 heterocycles. The zero-order valence-electron chi connectivity index (χ0n) is 15.3. The van der Waals surface area contributed by atoms with Crippen LogP contribution in [0.15, 0.2) is 60.0 Å². The fraction of sp³-hybridized carbons (Fsp3) is 0.0952. The molecule has 6 nitrogen and oxygen atoms in total. The number of imidazole rings is 1. The lowest BCUT2D eigenvalue weighted by Gasteiger charge is -2.12. The van der Waals surface area contributed by atoms with Crippen LogP contribution in [0.2, 0.25) is 0 Å². The van der Waals surface area contributed by atoms with Crippen molar-refractivity contribution in [3.63, 3.8) is 0 Å². The minimum absolute atomic E-state index is 0.608. The Balaban J connectivity index is 1.85. The minimum atomic E-state index is 0.608. The monoisotopic (exact) mass is 388 g/mol. The van der Waals surface area contributed by atoms with Crippen molar-refractivity contribution in [1.29, 1.82) is 0 Å². The number of aromatic nitrogens is 4. The molecular formula is C21H16N4O2S. The van der Waals surface area contributed by atoms with Gasteiger partial charge in [0.2, 0.25) is 0 Å². The summed E-state index contributed by atoms with van der Waals surface area (Å²) in [5.41, 5.74) is 3.85. The zero-order valence-corrected chi connectivity index (χ0v) is 16.1. The molecule has 0 N–H and O–H groups in total. The lowest BCUT2D eigenvalue weighted by Crippen LogP contribution is -2.00. The van der Waals surface area contributed by atoms with E-state index in [2.05, 4.69) is 0 Å². The first-order valence-corrected chi connectivity index (χ1v) is 9.58. The van der Waals surface area contributed by atoms with Crippen molar-refractivity contribution in [3.8, 4) is 27.9 Å². The molecule has 0 amide bonds. The Labute approximate surface area is 165 Å². The Morgan fingerprint density at radius 2 is 1.61 bits per heavy atom. The van der Waals surface area contributed by atoms with Crippen LogP contribution in [0.5, 0.6) is 11.5 Å². The molecule has 0 aliphatic heterocycles. The summed E-state index contributed by atoms with van der Waals surface area (Å²) in [7, 11) is 3.25. The molecule has 138 valence electrons. The van der Waals surface area contributed by atoms with Crippen LogP contribution in [0, 0.1) is 0 Å². The highest BCUT2D eigenvalue weighted by molar-refractivity contribution is 7.13. The van der Waals surface area contributed by atoms with Gasteiger partial charge >= 0.3 is 0 Å². The van der Waals surface area contributed by atoms with E-state index >= 15 is 0 Å². The maximum absolute atomic E-state index is 5.50. The summed E-state index contributed by atoms with van der Waals surface area (Å²) >= 11 is 1.63. The lowest BCUT2D eigenvalue weighted by atomic mass is 10.2. The minimum Gasteiger partial charge on any atom is -0.493 e. The van der Waals surface area contributed by atoms with Gasteiger partial charge in [-0.1, -0.05) is 18.2 Å². The topological polar surface area (TPSA) is 62.1 Å². The Bertz CT molecular complexity index is 1300. The van der Waals surface area contributed by atoms with Gasteiger partial charge in [-0.2, -0.15) is 0 Å². The third-order valence-corrected chi connectivity index (χ3v) is 5.40. The number of thiophene rings is 1. The smallest absolute Gasteiger partial charge is 0.199 e. The van der Waals surface area contributed by atoms with Crippen LogP contribution in [0.3, 0.4) is 0 Å². The first kappa shape index (κ1) is 16.7. The summed E-state index contributed by atoms with van der Waals surface area (Å²) in [6.45, 7) is 0. The molecule has 3 aromatic heterocycles. The van der Waals surface area contributed by atoms with E-state index in [1.165, 1.54) is 0 Å². The molecule has 5 rings (SSSR count). The van der Waals surface area contributed by atoms with Crippen molar-refractivity contribution < 1.29 is 9.47 Å². The van der Waals surface area contributed by atoms with E-state index in [4.69, 9.17) is 24.4 Å². The van der Waals surface area contributed by atoms with E-state index in [1.807, 2.05) is 64.5 Å². The molecule has 0 unspecified atom stereocenters. The number of ether oxygens (including phenoxy) is 2. The molecule has 5 aromatic rings. The van der Waals surface area contributed by atoms with Crippen LogP contribution < -0.4 is 9.47 Å². The number of hydrogen-bond donors (Lipinski definition) is 0. The Morgan fingerprint density at radius 1 is 0.821 bits per heavy atom. The van der Waals surface area contributed by atoms with E-state index in [9.17, 15) is 0 Å². The SMILES string of the molecule is COc1ccc(-n2c(-c3cccs3)nc3nc4ccccc4nc32)cc1OC. The van der Waals surface area contributed by atoms with Gasteiger partial charge in [-0.25, -0.2) is 15.0 Å². The van der Waals surface area contributed by atoms with Crippen LogP contribution in [0.25, 0.3) is 38.7 Å². The molecule has 7 heteroatoms. The molecule has 28 heavy (non-hydrogen) atoms. The fourth-order valence-corrected chi connectivity index (χ4v) is 3.94. The van der Waals surface area contributed by atoms with Crippen LogP contribution in [-0.4, -0.2) is 33.7 Å². The van der Waals surface area contributed by atoms with E-state index in [0.717, 1.165) is 27.4 Å². The second kappa shape index (κ2) is 6.61. The van der Waals surface area contributed by atoms with E-state index in [1.54, 1.807) is 25.6 Å². The number of hydrogen-bond acceptors (Lipinski definition) is 6. The normalized spacial score (nSPS) is 11.2. The summed E-state index contributed by atoms with van der Waals surface area (Å²) < 4.78 is 12.9. The van der Waals surface area contributed by atoms with E-state index in [0.29, 0.717) is 22.8 Å². The summed E-state index contributed by atoms with van der Waals surface area (Å²) in [6.07, 6.45) is 0. The first-order valence-electron chi connectivity index (χ1n) is 8.70. The second-order valence-corrected chi connectivity index (χ2v) is 7.09. The van der Waals surface area contributed by atoms with Gasteiger partial charge in [-0.05, 0) is 35.7 Å². The molecule has 0 spiro atoms. The van der Waals surface area contributed by atoms with Crippen LogP contribution >= 0.6 is 11.3 Å². The van der Waals surface area contributed by atoms with Gasteiger partial charge in [-0.3, -0.25) is 4.57 Å². The second-order valence-electron chi connectivity index (χ2n) is 6.15. The highest BCUT2D eigenvalue weighted by atomic mass is 32.1. The fourth-order valence-electron chi connectivity index (χ4n) is 3.24. The van der Waals surface area contributed by atoms with Gasteiger partial charge in [0.15, 0.2) is 28.6 Å². The summed E-state index contributed by atoms with van der Waals surface area (Å²) in [5, 5.41) is 2.03. The van der Waals surface area contributed by atoms with Crippen molar-refractivity contribution in [2.24, 2.45) is 0 Å². The number of benzene rings is 2. The molecule has 0 aliphatic rings. The third kappa shape index (κ3) is 2.59. The summed E-state index contributed by atoms with van der Waals surface area (Å²) in [6, 6.07) is 17.6. The zero-order chi connectivity index (χ0) is 19.1. The molecule has 0 radical (unpaired) electrons. The van der Waals surface area contributed by atoms with Gasteiger partial charge in [0.1, 0.15) is 0 Å². The van der Waals surface area contributed by atoms with Crippen molar-refractivity contribution >= 4 is 33.7 Å². The molecular weight excluding hydrogens is 372 g/mol. The highest BCUT2D eigenvalue weighted by Gasteiger charge is 2.19. The first-order chi connectivity index (χ1) is 13.8. The molecule has 0 saturated carbocycles. The lowest BCUT2D eigenvalue weighted by molar-refractivity contribution is 0.355. The largest absolute Gasteiger partial charge is 0.493 e. The van der Waals surface area contributed by atoms with Gasteiger partial charge in [0.25, 0.3) is 0 Å². The van der Waals surface area contributed by atoms with Crippen molar-refractivity contribution in [1.82, 2.24) is 19.5 Å². The Morgan fingerprint density at radius 3 is 2.32 bits per heavy atom. The van der Waals surface area contributed by atoms with Crippen molar-refractivity contribution in [2.45, 2.75) is 0 Å². The van der Waals surface area contributed by atoms with E-state index in [-0.39, 0.29) is 0 Å². The average molecular weight is 388 g/mol. The van der Waals surface area contributed by atoms with Gasteiger partial charge < -0.3 is 9.47 Å². The molecule has 0 aliphatic carbocycles. The van der Waals surface area contributed by atoms with Crippen molar-refractivity contribution in [3.05, 3.63) is 60.0 Å². The summed E-state index contributed by atoms with van der Waals surface area (Å²) in [5.74, 6) is 2.12. The molecule has 0 fully saturated rings. The Kier molecular flexibility index (Phi) is 3.95. The van der Waals surface area contributed by atoms with Crippen LogP contribution in [-0.2, 0) is 0 Å². The summed E-state index contributed by atoms with van der Waals surface area (Å²) in [4.78, 5) is 15.4. The number of fused-ring (bicyclic) bond motifs is 2. The molecule has 0 atom stereocenters.